The zero-order valence-corrected chi connectivity index (χ0v) is 5.34. The SMILES string of the molecule is COC(=O)C(=N)C(C)O. The quantitative estimate of drug-likeness (QED) is 0.394. The van der Waals surface area contributed by atoms with E-state index < -0.39 is 17.8 Å². The molecule has 4 nitrogen and oxygen atoms in total. The number of ether oxygens (including phenoxy) is 1. The van der Waals surface area contributed by atoms with E-state index in [9.17, 15) is 4.79 Å². The Hall–Kier alpha value is -0.900. The number of carbonyl (C=O) groups excluding carboxylic acids is 1. The molecule has 0 rings (SSSR count). The van der Waals surface area contributed by atoms with Crippen LogP contribution in [0.25, 0.3) is 0 Å². The van der Waals surface area contributed by atoms with Gasteiger partial charge in [0.15, 0.2) is 0 Å². The normalized spacial score (nSPS) is 12.3. The summed E-state index contributed by atoms with van der Waals surface area (Å²) in [5.74, 6) is -0.787. The third kappa shape index (κ3) is 2.23. The number of hydrogen-bond donors (Lipinski definition) is 2. The fourth-order valence-electron chi connectivity index (χ4n) is 0.281. The summed E-state index contributed by atoms with van der Waals surface area (Å²) in [6, 6.07) is 0. The summed E-state index contributed by atoms with van der Waals surface area (Å²) in [5.41, 5.74) is -0.419. The predicted octanol–water partition coefficient (Wildman–Crippen LogP) is -0.440. The number of carbonyl (C=O) groups is 1. The number of hydrogen-bond acceptors (Lipinski definition) is 4. The van der Waals surface area contributed by atoms with Crippen molar-refractivity contribution in [2.45, 2.75) is 13.0 Å². The predicted molar refractivity (Wildman–Crippen MR) is 31.4 cm³/mol. The highest BCUT2D eigenvalue weighted by Gasteiger charge is 2.13. The molecule has 2 N–H and O–H groups in total. The van der Waals surface area contributed by atoms with Gasteiger partial charge in [-0.2, -0.15) is 0 Å². The third-order valence-electron chi connectivity index (χ3n) is 0.823. The zero-order chi connectivity index (χ0) is 7.44. The Kier molecular flexibility index (Phi) is 2.87. The molecule has 4 heteroatoms. The maximum atomic E-state index is 10.3. The van der Waals surface area contributed by atoms with Crippen LogP contribution in [0.2, 0.25) is 0 Å². The molecule has 0 aromatic heterocycles. The topological polar surface area (TPSA) is 70.4 Å². The highest BCUT2D eigenvalue weighted by atomic mass is 16.5. The maximum Gasteiger partial charge on any atom is 0.354 e. The lowest BCUT2D eigenvalue weighted by atomic mass is 10.2. The van der Waals surface area contributed by atoms with Gasteiger partial charge in [-0.1, -0.05) is 0 Å². The lowest BCUT2D eigenvalue weighted by molar-refractivity contribution is -0.133. The molecule has 0 amide bonds. The second kappa shape index (κ2) is 3.19. The van der Waals surface area contributed by atoms with Gasteiger partial charge in [-0.15, -0.1) is 0 Å². The molecule has 0 aliphatic heterocycles. The Morgan fingerprint density at radius 2 is 2.22 bits per heavy atom. The number of rotatable bonds is 2. The first-order chi connectivity index (χ1) is 4.09. The van der Waals surface area contributed by atoms with E-state index in [0.29, 0.717) is 0 Å². The summed E-state index contributed by atoms with van der Waals surface area (Å²) >= 11 is 0. The molecule has 0 aromatic rings. The molecule has 0 aromatic carbocycles. The molecule has 0 aliphatic rings. The fourth-order valence-corrected chi connectivity index (χ4v) is 0.281. The number of aliphatic hydroxyl groups excluding tert-OH is 1. The van der Waals surface area contributed by atoms with Gasteiger partial charge in [0, 0.05) is 0 Å². The first-order valence-electron chi connectivity index (χ1n) is 2.44. The Balaban J connectivity index is 3.89. The van der Waals surface area contributed by atoms with Crippen LogP contribution in [-0.2, 0) is 9.53 Å². The minimum absolute atomic E-state index is 0.419. The molecule has 0 spiro atoms. The van der Waals surface area contributed by atoms with Gasteiger partial charge < -0.3 is 9.84 Å². The van der Waals surface area contributed by atoms with Gasteiger partial charge in [-0.05, 0) is 6.92 Å². The third-order valence-corrected chi connectivity index (χ3v) is 0.823. The molecule has 0 saturated carbocycles. The van der Waals surface area contributed by atoms with Crippen LogP contribution >= 0.6 is 0 Å². The van der Waals surface area contributed by atoms with Gasteiger partial charge in [0.05, 0.1) is 13.2 Å². The van der Waals surface area contributed by atoms with Crippen LogP contribution in [0, 0.1) is 5.41 Å². The van der Waals surface area contributed by atoms with Crippen molar-refractivity contribution in [3.8, 4) is 0 Å². The molecule has 9 heavy (non-hydrogen) atoms. The van der Waals surface area contributed by atoms with E-state index in [4.69, 9.17) is 10.5 Å². The van der Waals surface area contributed by atoms with Gasteiger partial charge >= 0.3 is 5.97 Å². The van der Waals surface area contributed by atoms with E-state index in [1.54, 1.807) is 0 Å². The van der Waals surface area contributed by atoms with E-state index in [1.165, 1.54) is 14.0 Å². The van der Waals surface area contributed by atoms with Crippen molar-refractivity contribution in [3.05, 3.63) is 0 Å². The van der Waals surface area contributed by atoms with Crippen molar-refractivity contribution in [1.82, 2.24) is 0 Å². The number of methoxy groups -OCH3 is 1. The van der Waals surface area contributed by atoms with Crippen LogP contribution in [0.15, 0.2) is 0 Å². The summed E-state index contributed by atoms with van der Waals surface area (Å²) in [7, 11) is 1.17. The minimum atomic E-state index is -1.04. The molecule has 0 saturated heterocycles. The summed E-state index contributed by atoms with van der Waals surface area (Å²) < 4.78 is 4.15. The van der Waals surface area contributed by atoms with Crippen molar-refractivity contribution >= 4 is 11.7 Å². The van der Waals surface area contributed by atoms with Crippen LogP contribution in [0.4, 0.5) is 0 Å². The van der Waals surface area contributed by atoms with E-state index >= 15 is 0 Å². The fraction of sp³-hybridized carbons (Fsp3) is 0.600. The molecule has 52 valence electrons. The van der Waals surface area contributed by atoms with E-state index in [-0.39, 0.29) is 0 Å². The van der Waals surface area contributed by atoms with Crippen LogP contribution in [0.3, 0.4) is 0 Å². The lowest BCUT2D eigenvalue weighted by Gasteiger charge is -2.01. The average Bonchev–Trinajstić information content (AvgIpc) is 1.84. The summed E-state index contributed by atoms with van der Waals surface area (Å²) in [6.07, 6.45) is -1.04. The second-order valence-corrected chi connectivity index (χ2v) is 1.58. The molecule has 0 fully saturated rings. The van der Waals surface area contributed by atoms with Gasteiger partial charge in [0.1, 0.15) is 5.71 Å². The number of nitrogens with one attached hydrogen (secondary N) is 1. The largest absolute Gasteiger partial charge is 0.464 e. The summed E-state index contributed by atoms with van der Waals surface area (Å²) in [5, 5.41) is 15.4. The Bertz CT molecular complexity index is 130. The van der Waals surface area contributed by atoms with Gasteiger partial charge in [0.25, 0.3) is 0 Å². The molecule has 0 heterocycles. The highest BCUT2D eigenvalue weighted by Crippen LogP contribution is 1.85. The van der Waals surface area contributed by atoms with Gasteiger partial charge in [0.2, 0.25) is 0 Å². The van der Waals surface area contributed by atoms with E-state index in [0.717, 1.165) is 0 Å². The van der Waals surface area contributed by atoms with Gasteiger partial charge in [-0.3, -0.25) is 5.41 Å². The van der Waals surface area contributed by atoms with Crippen LogP contribution in [0.5, 0.6) is 0 Å². The van der Waals surface area contributed by atoms with Crippen molar-refractivity contribution < 1.29 is 14.6 Å². The van der Waals surface area contributed by atoms with Crippen LogP contribution in [-0.4, -0.2) is 30.0 Å². The number of esters is 1. The standard InChI is InChI=1S/C5H9NO3/c1-3(7)4(6)5(8)9-2/h3,6-7H,1-2H3. The van der Waals surface area contributed by atoms with Crippen molar-refractivity contribution in [3.63, 3.8) is 0 Å². The first kappa shape index (κ1) is 8.10. The van der Waals surface area contributed by atoms with Crippen molar-refractivity contribution in [2.75, 3.05) is 7.11 Å². The molecule has 0 bridgehead atoms. The van der Waals surface area contributed by atoms with Crippen LogP contribution in [0.1, 0.15) is 6.92 Å². The average molecular weight is 131 g/mol. The monoisotopic (exact) mass is 131 g/mol. The Morgan fingerprint density at radius 1 is 1.78 bits per heavy atom. The summed E-state index contributed by atoms with van der Waals surface area (Å²) in [4.78, 5) is 10.3. The van der Waals surface area contributed by atoms with Crippen molar-refractivity contribution in [1.29, 1.82) is 5.41 Å². The lowest BCUT2D eigenvalue weighted by Crippen LogP contribution is -2.25. The number of aliphatic hydroxyl groups is 1. The van der Waals surface area contributed by atoms with Crippen LogP contribution < -0.4 is 0 Å². The first-order valence-corrected chi connectivity index (χ1v) is 2.44. The summed E-state index contributed by atoms with van der Waals surface area (Å²) in [6.45, 7) is 1.33. The van der Waals surface area contributed by atoms with Crippen molar-refractivity contribution in [2.24, 2.45) is 0 Å². The minimum Gasteiger partial charge on any atom is -0.464 e. The van der Waals surface area contributed by atoms with Gasteiger partial charge in [-0.25, -0.2) is 4.79 Å². The van der Waals surface area contributed by atoms with E-state index in [2.05, 4.69) is 4.74 Å². The second-order valence-electron chi connectivity index (χ2n) is 1.58. The Labute approximate surface area is 53.0 Å². The smallest absolute Gasteiger partial charge is 0.354 e. The molecular formula is C5H9NO3. The molecule has 1 unspecified atom stereocenters. The molecule has 0 aliphatic carbocycles. The molecule has 0 radical (unpaired) electrons. The Morgan fingerprint density at radius 3 is 2.33 bits per heavy atom. The highest BCUT2D eigenvalue weighted by molar-refractivity contribution is 6.36. The molecule has 1 atom stereocenters. The zero-order valence-electron chi connectivity index (χ0n) is 5.34. The van der Waals surface area contributed by atoms with E-state index in [1.807, 2.05) is 0 Å². The maximum absolute atomic E-state index is 10.3. The molecular weight excluding hydrogens is 122 g/mol.